The topological polar surface area (TPSA) is 98.3 Å². The standard InChI is InChI=1S/C20H17FN4O3/c21-13-5-3-4-12(10-13)18-17-16(22-11-23-17)8-9-25(18)20(28)24-15-7-2-1-6-14(15)19(26)27/h1-7,10-11,18H,8-9H2,(H,22,23)(H,24,28)(H,26,27)/t18-/m1/s1. The van der Waals surface area contributed by atoms with Crippen molar-refractivity contribution in [2.45, 2.75) is 12.5 Å². The molecule has 7 nitrogen and oxygen atoms in total. The van der Waals surface area contributed by atoms with Crippen LogP contribution in [-0.4, -0.2) is 38.5 Å². The number of imidazole rings is 1. The van der Waals surface area contributed by atoms with E-state index in [0.29, 0.717) is 24.2 Å². The highest BCUT2D eigenvalue weighted by atomic mass is 19.1. The maximum Gasteiger partial charge on any atom is 0.337 e. The highest BCUT2D eigenvalue weighted by molar-refractivity contribution is 6.00. The Morgan fingerprint density at radius 2 is 2.04 bits per heavy atom. The molecule has 2 aromatic carbocycles. The van der Waals surface area contributed by atoms with Crippen LogP contribution >= 0.6 is 0 Å². The van der Waals surface area contributed by atoms with E-state index in [-0.39, 0.29) is 11.3 Å². The van der Waals surface area contributed by atoms with Gasteiger partial charge in [0.25, 0.3) is 0 Å². The Morgan fingerprint density at radius 1 is 1.21 bits per heavy atom. The summed E-state index contributed by atoms with van der Waals surface area (Å²) in [5, 5.41) is 12.0. The maximum absolute atomic E-state index is 13.8. The minimum Gasteiger partial charge on any atom is -0.478 e. The lowest BCUT2D eigenvalue weighted by molar-refractivity contribution is 0.0698. The van der Waals surface area contributed by atoms with Crippen LogP contribution in [0.2, 0.25) is 0 Å². The molecule has 0 spiro atoms. The van der Waals surface area contributed by atoms with Gasteiger partial charge in [-0.25, -0.2) is 19.0 Å². The number of hydrogen-bond acceptors (Lipinski definition) is 3. The van der Waals surface area contributed by atoms with Gasteiger partial charge in [-0.05, 0) is 29.8 Å². The summed E-state index contributed by atoms with van der Waals surface area (Å²) in [6.07, 6.45) is 2.12. The lowest BCUT2D eigenvalue weighted by atomic mass is 9.96. The second-order valence-corrected chi connectivity index (χ2v) is 6.45. The van der Waals surface area contributed by atoms with Gasteiger partial charge >= 0.3 is 12.0 Å². The van der Waals surface area contributed by atoms with Gasteiger partial charge in [-0.3, -0.25) is 0 Å². The second kappa shape index (κ2) is 7.15. The number of aromatic nitrogens is 2. The van der Waals surface area contributed by atoms with Crippen LogP contribution in [0.1, 0.15) is 33.4 Å². The molecule has 0 fully saturated rings. The number of fused-ring (bicyclic) bond motifs is 1. The third kappa shape index (κ3) is 3.20. The molecule has 1 aliphatic rings. The third-order valence-corrected chi connectivity index (χ3v) is 4.75. The van der Waals surface area contributed by atoms with Gasteiger partial charge in [-0.15, -0.1) is 0 Å². The highest BCUT2D eigenvalue weighted by Gasteiger charge is 2.34. The van der Waals surface area contributed by atoms with Crippen LogP contribution in [0.5, 0.6) is 0 Å². The first-order chi connectivity index (χ1) is 13.5. The summed E-state index contributed by atoms with van der Waals surface area (Å²) in [5.74, 6) is -1.54. The van der Waals surface area contributed by atoms with Gasteiger partial charge in [-0.2, -0.15) is 0 Å². The summed E-state index contributed by atoms with van der Waals surface area (Å²) >= 11 is 0. The Balaban J connectivity index is 1.70. The fourth-order valence-electron chi connectivity index (χ4n) is 3.48. The largest absolute Gasteiger partial charge is 0.478 e. The van der Waals surface area contributed by atoms with Crippen LogP contribution < -0.4 is 5.32 Å². The van der Waals surface area contributed by atoms with Crippen molar-refractivity contribution in [2.75, 3.05) is 11.9 Å². The van der Waals surface area contributed by atoms with Crippen molar-refractivity contribution in [3.63, 3.8) is 0 Å². The average Bonchev–Trinajstić information content (AvgIpc) is 3.16. The predicted molar refractivity (Wildman–Crippen MR) is 99.7 cm³/mol. The monoisotopic (exact) mass is 380 g/mol. The molecule has 28 heavy (non-hydrogen) atoms. The van der Waals surface area contributed by atoms with Gasteiger partial charge in [0.2, 0.25) is 0 Å². The zero-order valence-corrected chi connectivity index (χ0v) is 14.7. The number of carboxylic acids is 1. The minimum atomic E-state index is -1.13. The Morgan fingerprint density at radius 3 is 2.82 bits per heavy atom. The molecule has 0 aliphatic carbocycles. The van der Waals surface area contributed by atoms with E-state index in [1.165, 1.54) is 29.2 Å². The number of aromatic amines is 1. The number of halogens is 1. The molecule has 142 valence electrons. The minimum absolute atomic E-state index is 0.00405. The summed E-state index contributed by atoms with van der Waals surface area (Å²) in [6.45, 7) is 0.372. The molecule has 3 N–H and O–H groups in total. The predicted octanol–water partition coefficient (Wildman–Crippen LogP) is 3.43. The smallest absolute Gasteiger partial charge is 0.337 e. The van der Waals surface area contributed by atoms with E-state index < -0.39 is 23.9 Å². The number of aromatic carboxylic acids is 1. The van der Waals surface area contributed by atoms with E-state index in [9.17, 15) is 19.1 Å². The number of anilines is 1. The zero-order chi connectivity index (χ0) is 19.7. The van der Waals surface area contributed by atoms with Crippen LogP contribution in [0, 0.1) is 5.82 Å². The van der Waals surface area contributed by atoms with Crippen LogP contribution in [0.25, 0.3) is 0 Å². The van der Waals surface area contributed by atoms with Gasteiger partial charge in [-0.1, -0.05) is 24.3 Å². The van der Waals surface area contributed by atoms with Crippen molar-refractivity contribution in [3.05, 3.63) is 83.2 Å². The number of nitrogens with zero attached hydrogens (tertiary/aromatic N) is 2. The molecule has 0 radical (unpaired) electrons. The maximum atomic E-state index is 13.8. The average molecular weight is 380 g/mol. The van der Waals surface area contributed by atoms with Crippen molar-refractivity contribution in [1.29, 1.82) is 0 Å². The molecule has 2 heterocycles. The molecular formula is C20H17FN4O3. The Bertz CT molecular complexity index is 1050. The number of benzene rings is 2. The first kappa shape index (κ1) is 17.7. The van der Waals surface area contributed by atoms with Crippen molar-refractivity contribution in [3.8, 4) is 0 Å². The highest BCUT2D eigenvalue weighted by Crippen LogP contribution is 2.34. The summed E-state index contributed by atoms with van der Waals surface area (Å²) in [5.41, 5.74) is 2.33. The number of carbonyl (C=O) groups excluding carboxylic acids is 1. The van der Waals surface area contributed by atoms with E-state index in [1.54, 1.807) is 30.6 Å². The molecule has 2 amide bonds. The van der Waals surface area contributed by atoms with Crippen molar-refractivity contribution < 1.29 is 19.1 Å². The number of nitrogens with one attached hydrogen (secondary N) is 2. The molecular weight excluding hydrogens is 363 g/mol. The number of rotatable bonds is 3. The van der Waals surface area contributed by atoms with Crippen LogP contribution in [0.15, 0.2) is 54.9 Å². The van der Waals surface area contributed by atoms with Crippen LogP contribution in [-0.2, 0) is 6.42 Å². The number of hydrogen-bond donors (Lipinski definition) is 3. The van der Waals surface area contributed by atoms with E-state index in [4.69, 9.17) is 0 Å². The summed E-state index contributed by atoms with van der Waals surface area (Å²) in [6, 6.07) is 11.2. The van der Waals surface area contributed by atoms with Crippen LogP contribution in [0.4, 0.5) is 14.9 Å². The Kier molecular flexibility index (Phi) is 4.52. The van der Waals surface area contributed by atoms with Crippen molar-refractivity contribution in [2.24, 2.45) is 0 Å². The molecule has 1 aromatic heterocycles. The number of H-pyrrole nitrogens is 1. The summed E-state index contributed by atoms with van der Waals surface area (Å²) in [7, 11) is 0. The number of carboxylic acid groups (broad SMARTS) is 1. The Hall–Kier alpha value is -3.68. The Labute approximate surface area is 159 Å². The molecule has 0 bridgehead atoms. The number of urea groups is 1. The first-order valence-corrected chi connectivity index (χ1v) is 8.72. The second-order valence-electron chi connectivity index (χ2n) is 6.45. The molecule has 0 saturated heterocycles. The molecule has 3 aromatic rings. The molecule has 0 unspecified atom stereocenters. The zero-order valence-electron chi connectivity index (χ0n) is 14.7. The van der Waals surface area contributed by atoms with Gasteiger partial charge in [0.05, 0.1) is 23.3 Å². The van der Waals surface area contributed by atoms with Gasteiger partial charge in [0, 0.05) is 18.7 Å². The number of carbonyl (C=O) groups is 2. The quantitative estimate of drug-likeness (QED) is 0.648. The fraction of sp³-hybridized carbons (Fsp3) is 0.150. The normalized spacial score (nSPS) is 15.8. The summed E-state index contributed by atoms with van der Waals surface area (Å²) in [4.78, 5) is 33.4. The van der Waals surface area contributed by atoms with Gasteiger partial charge in [0.1, 0.15) is 11.9 Å². The lowest BCUT2D eigenvalue weighted by Crippen LogP contribution is -2.43. The molecule has 0 saturated carbocycles. The molecule has 8 heteroatoms. The lowest BCUT2D eigenvalue weighted by Gasteiger charge is -2.35. The number of para-hydroxylation sites is 1. The van der Waals surface area contributed by atoms with Gasteiger partial charge < -0.3 is 20.3 Å². The van der Waals surface area contributed by atoms with E-state index in [1.807, 2.05) is 0 Å². The van der Waals surface area contributed by atoms with Gasteiger partial charge in [0.15, 0.2) is 0 Å². The third-order valence-electron chi connectivity index (χ3n) is 4.75. The van der Waals surface area contributed by atoms with Crippen LogP contribution in [0.3, 0.4) is 0 Å². The van der Waals surface area contributed by atoms with Crippen molar-refractivity contribution in [1.82, 2.24) is 14.9 Å². The SMILES string of the molecule is O=C(O)c1ccccc1NC(=O)N1CCc2[nH]cnc2[C@H]1c1cccc(F)c1. The van der Waals surface area contributed by atoms with E-state index >= 15 is 0 Å². The van der Waals surface area contributed by atoms with E-state index in [2.05, 4.69) is 15.3 Å². The molecule has 1 aliphatic heterocycles. The fourth-order valence-corrected chi connectivity index (χ4v) is 3.48. The number of amides is 2. The van der Waals surface area contributed by atoms with E-state index in [0.717, 1.165) is 5.69 Å². The molecule has 4 rings (SSSR count). The summed E-state index contributed by atoms with van der Waals surface area (Å²) < 4.78 is 13.8. The van der Waals surface area contributed by atoms with Crippen molar-refractivity contribution >= 4 is 17.7 Å². The first-order valence-electron chi connectivity index (χ1n) is 8.72. The molecule has 1 atom stereocenters.